The van der Waals surface area contributed by atoms with Crippen LogP contribution in [0.5, 0.6) is 11.5 Å². The second-order valence-corrected chi connectivity index (χ2v) is 5.60. The number of halogens is 1. The van der Waals surface area contributed by atoms with E-state index in [2.05, 4.69) is 0 Å². The molecule has 0 radical (unpaired) electrons. The van der Waals surface area contributed by atoms with E-state index in [1.165, 1.54) is 31.2 Å². The van der Waals surface area contributed by atoms with Crippen molar-refractivity contribution in [1.29, 1.82) is 0 Å². The van der Waals surface area contributed by atoms with Crippen LogP contribution in [-0.2, 0) is 0 Å². The predicted octanol–water partition coefficient (Wildman–Crippen LogP) is 3.14. The van der Waals surface area contributed by atoms with E-state index in [1.807, 2.05) is 0 Å². The third-order valence-corrected chi connectivity index (χ3v) is 3.84. The van der Waals surface area contributed by atoms with Crippen LogP contribution >= 0.6 is 11.6 Å². The molecule has 0 atom stereocenters. The van der Waals surface area contributed by atoms with Crippen molar-refractivity contribution in [3.63, 3.8) is 0 Å². The van der Waals surface area contributed by atoms with Gasteiger partial charge in [0.25, 0.3) is 0 Å². The predicted molar refractivity (Wildman–Crippen MR) is 97.1 cm³/mol. The summed E-state index contributed by atoms with van der Waals surface area (Å²) < 4.78 is 4.89. The standard InChI is InChI=1S/C12H8O5.C6H6ClNO/c1-6(14)8-4-7-2-3-10(15)9(5-13)11(7)17-12(8)16;7-6-4(8)2-1-3-5(6)9/h2-5,15H,1H3;1-3,9H,8H2. The number of fused-ring (bicyclic) bond motifs is 1. The maximum atomic E-state index is 11.5. The van der Waals surface area contributed by atoms with Crippen molar-refractivity contribution in [2.45, 2.75) is 6.92 Å². The largest absolute Gasteiger partial charge is 0.507 e. The zero-order valence-electron chi connectivity index (χ0n) is 13.5. The molecule has 0 fully saturated rings. The monoisotopic (exact) mass is 375 g/mol. The Morgan fingerprint density at radius 1 is 1.19 bits per heavy atom. The number of carbonyl (C=O) groups is 2. The van der Waals surface area contributed by atoms with E-state index in [0.717, 1.165) is 0 Å². The highest BCUT2D eigenvalue weighted by molar-refractivity contribution is 6.34. The first-order valence-electron chi connectivity index (χ1n) is 7.25. The second kappa shape index (κ2) is 7.71. The summed E-state index contributed by atoms with van der Waals surface area (Å²) in [5, 5.41) is 18.9. The smallest absolute Gasteiger partial charge is 0.347 e. The number of carbonyl (C=O) groups excluding carboxylic acids is 2. The Labute approximate surface area is 152 Å². The molecule has 2 aromatic carbocycles. The summed E-state index contributed by atoms with van der Waals surface area (Å²) >= 11 is 5.50. The van der Waals surface area contributed by atoms with E-state index in [4.69, 9.17) is 26.9 Å². The lowest BCUT2D eigenvalue weighted by Gasteiger charge is -2.03. The molecule has 4 N–H and O–H groups in total. The number of nitrogen functional groups attached to an aromatic ring is 1. The first kappa shape index (κ1) is 19.0. The fourth-order valence-corrected chi connectivity index (χ4v) is 2.22. The minimum atomic E-state index is -0.821. The summed E-state index contributed by atoms with van der Waals surface area (Å²) in [6.45, 7) is 1.25. The molecular weight excluding hydrogens is 362 g/mol. The Balaban J connectivity index is 0.000000228. The van der Waals surface area contributed by atoms with Gasteiger partial charge >= 0.3 is 5.63 Å². The molecule has 3 aromatic rings. The summed E-state index contributed by atoms with van der Waals surface area (Å²) in [5.41, 5.74) is 4.70. The average molecular weight is 376 g/mol. The lowest BCUT2D eigenvalue weighted by Crippen LogP contribution is -2.11. The number of anilines is 1. The molecule has 0 aliphatic rings. The zero-order valence-corrected chi connectivity index (χ0v) is 14.3. The van der Waals surface area contributed by atoms with Crippen LogP contribution in [0.1, 0.15) is 27.6 Å². The maximum Gasteiger partial charge on any atom is 0.347 e. The number of aldehydes is 1. The Bertz CT molecular complexity index is 1040. The van der Waals surface area contributed by atoms with Gasteiger partial charge in [-0.15, -0.1) is 0 Å². The first-order valence-corrected chi connectivity index (χ1v) is 7.63. The van der Waals surface area contributed by atoms with Crippen LogP contribution < -0.4 is 11.4 Å². The average Bonchev–Trinajstić information content (AvgIpc) is 2.59. The van der Waals surface area contributed by atoms with Crippen molar-refractivity contribution in [3.8, 4) is 11.5 Å². The lowest BCUT2D eigenvalue weighted by atomic mass is 10.1. The zero-order chi connectivity index (χ0) is 19.4. The number of aromatic hydroxyl groups is 2. The summed E-state index contributed by atoms with van der Waals surface area (Å²) in [6, 6.07) is 8.86. The van der Waals surface area contributed by atoms with Gasteiger partial charge in [0.05, 0.1) is 11.3 Å². The molecule has 0 aliphatic heterocycles. The molecule has 3 rings (SSSR count). The molecule has 0 unspecified atom stereocenters. The molecular formula is C18H14ClNO6. The van der Waals surface area contributed by atoms with Crippen molar-refractivity contribution in [2.75, 3.05) is 5.73 Å². The topological polar surface area (TPSA) is 131 Å². The van der Waals surface area contributed by atoms with E-state index < -0.39 is 11.4 Å². The number of Topliss-reactive ketones (excluding diaryl/α,β-unsaturated/α-hetero) is 1. The van der Waals surface area contributed by atoms with Gasteiger partial charge in [-0.3, -0.25) is 9.59 Å². The SMILES string of the molecule is CC(=O)c1cc2ccc(O)c(C=O)c2oc1=O.Nc1cccc(O)c1Cl. The molecule has 0 aliphatic carbocycles. The number of ketones is 1. The molecule has 1 heterocycles. The normalized spacial score (nSPS) is 10.1. The third kappa shape index (κ3) is 3.84. The van der Waals surface area contributed by atoms with Gasteiger partial charge in [-0.05, 0) is 37.3 Å². The summed E-state index contributed by atoms with van der Waals surface area (Å²) in [6.07, 6.45) is 0.397. The third-order valence-electron chi connectivity index (χ3n) is 3.42. The molecule has 0 bridgehead atoms. The molecule has 134 valence electrons. The molecule has 8 heteroatoms. The van der Waals surface area contributed by atoms with Crippen LogP contribution in [0.2, 0.25) is 5.02 Å². The van der Waals surface area contributed by atoms with Gasteiger partial charge in [-0.1, -0.05) is 17.7 Å². The molecule has 26 heavy (non-hydrogen) atoms. The van der Waals surface area contributed by atoms with Crippen LogP contribution in [0, 0.1) is 0 Å². The van der Waals surface area contributed by atoms with Gasteiger partial charge in [0, 0.05) is 5.39 Å². The van der Waals surface area contributed by atoms with Crippen LogP contribution in [0.25, 0.3) is 11.0 Å². The number of benzene rings is 2. The van der Waals surface area contributed by atoms with Crippen molar-refractivity contribution in [3.05, 3.63) is 63.0 Å². The van der Waals surface area contributed by atoms with Gasteiger partial charge in [0.15, 0.2) is 17.7 Å². The van der Waals surface area contributed by atoms with Gasteiger partial charge in [-0.2, -0.15) is 0 Å². The minimum Gasteiger partial charge on any atom is -0.507 e. The molecule has 7 nitrogen and oxygen atoms in total. The van der Waals surface area contributed by atoms with Crippen LogP contribution in [0.15, 0.2) is 45.6 Å². The summed E-state index contributed by atoms with van der Waals surface area (Å²) in [5.74, 6) is -0.663. The number of phenols is 2. The van der Waals surface area contributed by atoms with E-state index in [-0.39, 0.29) is 33.2 Å². The Morgan fingerprint density at radius 2 is 1.88 bits per heavy atom. The molecule has 0 amide bonds. The van der Waals surface area contributed by atoms with Gasteiger partial charge in [0.1, 0.15) is 22.1 Å². The van der Waals surface area contributed by atoms with Gasteiger partial charge < -0.3 is 20.4 Å². The Kier molecular flexibility index (Phi) is 5.64. The van der Waals surface area contributed by atoms with Crippen LogP contribution in [0.4, 0.5) is 5.69 Å². The quantitative estimate of drug-likeness (QED) is 0.271. The van der Waals surface area contributed by atoms with E-state index in [1.54, 1.807) is 12.1 Å². The summed E-state index contributed by atoms with van der Waals surface area (Å²) in [7, 11) is 0. The molecule has 0 spiro atoms. The highest BCUT2D eigenvalue weighted by Crippen LogP contribution is 2.28. The fourth-order valence-electron chi connectivity index (χ4n) is 2.09. The van der Waals surface area contributed by atoms with Gasteiger partial charge in [-0.25, -0.2) is 4.79 Å². The van der Waals surface area contributed by atoms with Crippen molar-refractivity contribution >= 4 is 40.3 Å². The number of nitrogens with two attached hydrogens (primary N) is 1. The lowest BCUT2D eigenvalue weighted by molar-refractivity contribution is 0.101. The van der Waals surface area contributed by atoms with E-state index >= 15 is 0 Å². The second-order valence-electron chi connectivity index (χ2n) is 5.22. The van der Waals surface area contributed by atoms with E-state index in [9.17, 15) is 19.5 Å². The first-order chi connectivity index (χ1) is 12.3. The van der Waals surface area contributed by atoms with Crippen molar-refractivity contribution < 1.29 is 24.2 Å². The van der Waals surface area contributed by atoms with Crippen LogP contribution in [0.3, 0.4) is 0 Å². The van der Waals surface area contributed by atoms with Crippen molar-refractivity contribution in [2.24, 2.45) is 0 Å². The number of hydrogen-bond donors (Lipinski definition) is 3. The fraction of sp³-hybridized carbons (Fsp3) is 0.0556. The van der Waals surface area contributed by atoms with Gasteiger partial charge in [0.2, 0.25) is 0 Å². The molecule has 1 aromatic heterocycles. The number of rotatable bonds is 2. The number of hydrogen-bond acceptors (Lipinski definition) is 7. The van der Waals surface area contributed by atoms with E-state index in [0.29, 0.717) is 17.4 Å². The van der Waals surface area contributed by atoms with Crippen LogP contribution in [-0.4, -0.2) is 22.3 Å². The maximum absolute atomic E-state index is 11.5. The molecule has 0 saturated carbocycles. The minimum absolute atomic E-state index is 0.0185. The number of phenolic OH excluding ortho intramolecular Hbond substituents is 2. The molecule has 0 saturated heterocycles. The highest BCUT2D eigenvalue weighted by atomic mass is 35.5. The van der Waals surface area contributed by atoms with Crippen molar-refractivity contribution in [1.82, 2.24) is 0 Å². The Morgan fingerprint density at radius 3 is 2.42 bits per heavy atom. The Hall–Kier alpha value is -3.32. The summed E-state index contributed by atoms with van der Waals surface area (Å²) in [4.78, 5) is 33.4. The highest BCUT2D eigenvalue weighted by Gasteiger charge is 2.14.